The van der Waals surface area contributed by atoms with Gasteiger partial charge in [-0.05, 0) is 6.92 Å². The summed E-state index contributed by atoms with van der Waals surface area (Å²) in [5, 5.41) is 8.37. The average Bonchev–Trinajstić information content (AvgIpc) is 3.22. The van der Waals surface area contributed by atoms with Crippen molar-refractivity contribution in [3.05, 3.63) is 11.1 Å². The van der Waals surface area contributed by atoms with Gasteiger partial charge in [0.15, 0.2) is 11.2 Å². The largest absolute Gasteiger partial charge is 0.362 e. The number of hydrogen-bond acceptors (Lipinski definition) is 10. The van der Waals surface area contributed by atoms with Gasteiger partial charge in [0.2, 0.25) is 11.8 Å². The fourth-order valence-corrected chi connectivity index (χ4v) is 4.71. The van der Waals surface area contributed by atoms with Crippen molar-refractivity contribution in [1.82, 2.24) is 29.7 Å². The zero-order valence-corrected chi connectivity index (χ0v) is 20.0. The number of imide groups is 1. The summed E-state index contributed by atoms with van der Waals surface area (Å²) in [5.74, 6) is -4.51. The first-order valence-corrected chi connectivity index (χ1v) is 12.3. The van der Waals surface area contributed by atoms with Gasteiger partial charge in [-0.2, -0.15) is 8.42 Å². The van der Waals surface area contributed by atoms with Crippen LogP contribution in [-0.2, 0) is 34.3 Å². The zero-order valence-electron chi connectivity index (χ0n) is 18.4. The van der Waals surface area contributed by atoms with E-state index in [1.165, 1.54) is 17.2 Å². The molecule has 2 aliphatic rings. The number of aromatic nitrogens is 1. The molecular formula is C17H21N7O9S2. The predicted molar refractivity (Wildman–Crippen MR) is 117 cm³/mol. The summed E-state index contributed by atoms with van der Waals surface area (Å²) in [4.78, 5) is 79.4. The Bertz CT molecular complexity index is 1200. The van der Waals surface area contributed by atoms with Gasteiger partial charge in [-0.3, -0.25) is 33.4 Å². The third kappa shape index (κ3) is 5.54. The molecule has 2 atom stereocenters. The second-order valence-corrected chi connectivity index (χ2v) is 9.59. The van der Waals surface area contributed by atoms with E-state index in [1.807, 2.05) is 0 Å². The molecule has 2 unspecified atom stereocenters. The molecule has 0 saturated carbocycles. The predicted octanol–water partition coefficient (Wildman–Crippen LogP) is -2.33. The Morgan fingerprint density at radius 3 is 2.49 bits per heavy atom. The average molecular weight is 532 g/mol. The number of β-lactam (4-membered cyclic amide) rings is 1. The quantitative estimate of drug-likeness (QED) is 0.167. The zero-order chi connectivity index (χ0) is 26.1. The second-order valence-electron chi connectivity index (χ2n) is 7.39. The molecule has 2 aliphatic heterocycles. The molecule has 3 rings (SSSR count). The van der Waals surface area contributed by atoms with Crippen LogP contribution in [0.3, 0.4) is 0 Å². The molecule has 7 amide bonds. The Kier molecular flexibility index (Phi) is 7.36. The van der Waals surface area contributed by atoms with Crippen molar-refractivity contribution in [1.29, 1.82) is 0 Å². The third-order valence-electron chi connectivity index (χ3n) is 5.05. The van der Waals surface area contributed by atoms with Gasteiger partial charge in [0.05, 0.1) is 12.2 Å². The summed E-state index contributed by atoms with van der Waals surface area (Å²) < 4.78 is 31.3. The minimum atomic E-state index is -4.78. The smallest absolute Gasteiger partial charge is 0.340 e. The highest BCUT2D eigenvalue weighted by Crippen LogP contribution is 2.23. The maximum Gasteiger partial charge on any atom is 0.362 e. The monoisotopic (exact) mass is 531 g/mol. The summed E-state index contributed by atoms with van der Waals surface area (Å²) in [7, 11) is -4.78. The minimum absolute atomic E-state index is 0.0611. The number of carbonyl (C=O) groups is 6. The number of urea groups is 1. The van der Waals surface area contributed by atoms with E-state index in [0.29, 0.717) is 4.90 Å². The molecule has 16 nitrogen and oxygen atoms in total. The Hall–Kier alpha value is -3.64. The molecule has 0 aliphatic carbocycles. The van der Waals surface area contributed by atoms with E-state index < -0.39 is 64.5 Å². The van der Waals surface area contributed by atoms with Crippen molar-refractivity contribution < 1.29 is 41.7 Å². The van der Waals surface area contributed by atoms with Gasteiger partial charge in [0, 0.05) is 31.9 Å². The number of thiazole rings is 1. The van der Waals surface area contributed by atoms with Gasteiger partial charge >= 0.3 is 28.1 Å². The molecule has 0 bridgehead atoms. The molecule has 2 saturated heterocycles. The number of likely N-dealkylation sites (N-methyl/N-ethyl adjacent to an activating group) is 1. The molecule has 18 heteroatoms. The molecule has 1 aromatic rings. The first-order chi connectivity index (χ1) is 16.3. The van der Waals surface area contributed by atoms with Crippen LogP contribution in [0.2, 0.25) is 0 Å². The molecule has 4 N–H and O–H groups in total. The first kappa shape index (κ1) is 26.0. The van der Waals surface area contributed by atoms with Crippen molar-refractivity contribution in [2.24, 2.45) is 0 Å². The van der Waals surface area contributed by atoms with Gasteiger partial charge in [0.1, 0.15) is 6.04 Å². The molecule has 2 fully saturated rings. The lowest BCUT2D eigenvalue weighted by atomic mass is 10.1. The molecule has 190 valence electrons. The lowest BCUT2D eigenvalue weighted by Crippen LogP contribution is -2.66. The van der Waals surface area contributed by atoms with Crippen molar-refractivity contribution >= 4 is 62.3 Å². The minimum Gasteiger partial charge on any atom is -0.340 e. The standard InChI is InChI=1S/C17H21N7O9S2/c1-3-22-4-5-23(15(29)14(22)28)17(30)21-11(10-7-34-16(20-10)18-8(2)25)12(26)19-9-6-24(13(9)27)35(31,32)33/h7,9,11H,3-6H2,1-2H3,(H,19,26)(H,21,30)(H,18,20,25)(H,31,32,33). The summed E-state index contributed by atoms with van der Waals surface area (Å²) in [6.07, 6.45) is 0. The highest BCUT2D eigenvalue weighted by Gasteiger charge is 2.46. The van der Waals surface area contributed by atoms with Crippen LogP contribution in [0.4, 0.5) is 9.93 Å². The summed E-state index contributed by atoms with van der Waals surface area (Å²) in [6.45, 7) is 2.60. The van der Waals surface area contributed by atoms with Crippen LogP contribution in [0.25, 0.3) is 0 Å². The number of piperazine rings is 1. The van der Waals surface area contributed by atoms with Crippen LogP contribution in [0, 0.1) is 0 Å². The topological polar surface area (TPSA) is 215 Å². The lowest BCUT2D eigenvalue weighted by Gasteiger charge is -2.36. The number of carbonyl (C=O) groups excluding carboxylic acids is 6. The lowest BCUT2D eigenvalue weighted by molar-refractivity contribution is -0.153. The van der Waals surface area contributed by atoms with Gasteiger partial charge in [-0.1, -0.05) is 0 Å². The maximum atomic E-state index is 12.9. The highest BCUT2D eigenvalue weighted by molar-refractivity contribution is 7.84. The van der Waals surface area contributed by atoms with Gasteiger partial charge < -0.3 is 20.9 Å². The van der Waals surface area contributed by atoms with Crippen LogP contribution in [0.15, 0.2) is 5.38 Å². The molecular weight excluding hydrogens is 510 g/mol. The highest BCUT2D eigenvalue weighted by atomic mass is 32.2. The van der Waals surface area contributed by atoms with E-state index in [4.69, 9.17) is 4.55 Å². The van der Waals surface area contributed by atoms with Gasteiger partial charge in [-0.25, -0.2) is 14.1 Å². The number of hydrogen-bond donors (Lipinski definition) is 4. The van der Waals surface area contributed by atoms with Gasteiger partial charge in [0.25, 0.3) is 5.91 Å². The summed E-state index contributed by atoms with van der Waals surface area (Å²) in [5.41, 5.74) is -0.0611. The van der Waals surface area contributed by atoms with Crippen molar-refractivity contribution in [2.75, 3.05) is 31.5 Å². The Morgan fingerprint density at radius 2 is 1.91 bits per heavy atom. The molecule has 0 aromatic carbocycles. The Balaban J connectivity index is 1.79. The molecule has 0 spiro atoms. The fourth-order valence-electron chi connectivity index (χ4n) is 3.24. The van der Waals surface area contributed by atoms with Crippen molar-refractivity contribution in [2.45, 2.75) is 25.9 Å². The SMILES string of the molecule is CCN1CCN(C(=O)NC(C(=O)NC2CN(S(=O)(=O)O)C2=O)c2csc(NC(C)=O)n2)C(=O)C1=O. The van der Waals surface area contributed by atoms with E-state index >= 15 is 0 Å². The summed E-state index contributed by atoms with van der Waals surface area (Å²) >= 11 is 0.930. The molecule has 35 heavy (non-hydrogen) atoms. The Labute approximate surface area is 202 Å². The molecule has 3 heterocycles. The van der Waals surface area contributed by atoms with Gasteiger partial charge in [-0.15, -0.1) is 11.3 Å². The fraction of sp³-hybridized carbons (Fsp3) is 0.471. The number of nitrogens with zero attached hydrogens (tertiary/aromatic N) is 4. The van der Waals surface area contributed by atoms with Crippen LogP contribution in [-0.4, -0.2) is 99.8 Å². The van der Waals surface area contributed by atoms with Crippen LogP contribution >= 0.6 is 11.3 Å². The molecule has 0 radical (unpaired) electrons. The number of amides is 7. The van der Waals surface area contributed by atoms with E-state index in [-0.39, 0.29) is 34.8 Å². The first-order valence-electron chi connectivity index (χ1n) is 10.1. The van der Waals surface area contributed by atoms with E-state index in [0.717, 1.165) is 11.3 Å². The number of rotatable bonds is 7. The van der Waals surface area contributed by atoms with Crippen LogP contribution < -0.4 is 16.0 Å². The Morgan fingerprint density at radius 1 is 1.23 bits per heavy atom. The van der Waals surface area contributed by atoms with Crippen LogP contribution in [0.5, 0.6) is 0 Å². The third-order valence-corrected chi connectivity index (χ3v) is 6.72. The maximum absolute atomic E-state index is 12.9. The summed E-state index contributed by atoms with van der Waals surface area (Å²) in [6, 6.07) is -3.97. The van der Waals surface area contributed by atoms with E-state index in [2.05, 4.69) is 20.9 Å². The van der Waals surface area contributed by atoms with Crippen molar-refractivity contribution in [3.8, 4) is 0 Å². The second kappa shape index (κ2) is 9.92. The number of nitrogens with one attached hydrogen (secondary N) is 3. The number of anilines is 1. The van der Waals surface area contributed by atoms with Crippen LogP contribution in [0.1, 0.15) is 25.6 Å². The molecule has 1 aromatic heterocycles. The normalized spacial score (nSPS) is 19.2. The van der Waals surface area contributed by atoms with E-state index in [9.17, 15) is 37.2 Å². The van der Waals surface area contributed by atoms with Crippen molar-refractivity contribution in [3.63, 3.8) is 0 Å². The van der Waals surface area contributed by atoms with E-state index in [1.54, 1.807) is 6.92 Å².